The lowest BCUT2D eigenvalue weighted by atomic mass is 10.1. The van der Waals surface area contributed by atoms with E-state index in [4.69, 9.17) is 0 Å². The maximum atomic E-state index is 3.35. The Labute approximate surface area is 69.9 Å². The molecule has 0 radical (unpaired) electrons. The maximum absolute atomic E-state index is 3.35. The highest BCUT2D eigenvalue weighted by Crippen LogP contribution is 2.67. The van der Waals surface area contributed by atoms with Crippen molar-refractivity contribution in [1.29, 1.82) is 0 Å². The van der Waals surface area contributed by atoms with Crippen molar-refractivity contribution in [1.82, 2.24) is 0 Å². The molecule has 2 rings (SSSR count). The molecule has 1 fully saturated rings. The summed E-state index contributed by atoms with van der Waals surface area (Å²) in [6.45, 7) is 0. The second-order valence-electron chi connectivity index (χ2n) is 2.78. The average molecular weight is 170 g/mol. The number of hydrogen-bond acceptors (Lipinski definition) is 2. The smallest absolute Gasteiger partial charge is 0.101 e. The van der Waals surface area contributed by atoms with Crippen molar-refractivity contribution in [3.05, 3.63) is 0 Å². The summed E-state index contributed by atoms with van der Waals surface area (Å²) in [5.74, 6) is 6.60. The van der Waals surface area contributed by atoms with E-state index in [1.807, 2.05) is 21.6 Å². The van der Waals surface area contributed by atoms with Crippen molar-refractivity contribution in [2.24, 2.45) is 0 Å². The van der Waals surface area contributed by atoms with Crippen LogP contribution in [0.15, 0.2) is 0 Å². The SMILES string of the molecule is C1#CC2(CCCCC1)SS2. The van der Waals surface area contributed by atoms with Gasteiger partial charge in [0.15, 0.2) is 0 Å². The van der Waals surface area contributed by atoms with Gasteiger partial charge in [-0.05, 0) is 12.8 Å². The molecular weight excluding hydrogens is 160 g/mol. The van der Waals surface area contributed by atoms with E-state index in [0.717, 1.165) is 6.42 Å². The quantitative estimate of drug-likeness (QED) is 0.311. The Kier molecular flexibility index (Phi) is 1.88. The maximum Gasteiger partial charge on any atom is 0.142 e. The van der Waals surface area contributed by atoms with Crippen molar-refractivity contribution >= 4 is 21.6 Å². The average Bonchev–Trinajstić information content (AvgIpc) is 2.61. The molecule has 0 saturated carbocycles. The van der Waals surface area contributed by atoms with Crippen LogP contribution in [0.4, 0.5) is 0 Å². The normalized spacial score (nSPS) is 28.0. The zero-order valence-corrected chi connectivity index (χ0v) is 7.49. The first kappa shape index (κ1) is 6.94. The van der Waals surface area contributed by atoms with Gasteiger partial charge in [0, 0.05) is 6.42 Å². The van der Waals surface area contributed by atoms with Crippen LogP contribution in [0.2, 0.25) is 0 Å². The summed E-state index contributed by atoms with van der Waals surface area (Å²) in [6.07, 6.45) is 6.53. The van der Waals surface area contributed by atoms with E-state index in [0.29, 0.717) is 4.08 Å². The molecule has 1 aliphatic heterocycles. The molecule has 1 heterocycles. The third kappa shape index (κ3) is 1.46. The molecule has 10 heavy (non-hydrogen) atoms. The summed E-state index contributed by atoms with van der Waals surface area (Å²) in [7, 11) is 3.91. The summed E-state index contributed by atoms with van der Waals surface area (Å²) >= 11 is 0. The molecule has 0 aromatic rings. The van der Waals surface area contributed by atoms with Crippen molar-refractivity contribution in [2.45, 2.75) is 36.2 Å². The third-order valence-corrected chi connectivity index (χ3v) is 4.76. The summed E-state index contributed by atoms with van der Waals surface area (Å²) < 4.78 is 0.375. The van der Waals surface area contributed by atoms with E-state index in [-0.39, 0.29) is 0 Å². The lowest BCUT2D eigenvalue weighted by Gasteiger charge is -2.05. The van der Waals surface area contributed by atoms with Crippen LogP contribution in [0.3, 0.4) is 0 Å². The molecule has 0 amide bonds. The summed E-state index contributed by atoms with van der Waals surface area (Å²) in [4.78, 5) is 0. The second-order valence-corrected chi connectivity index (χ2v) is 5.77. The fraction of sp³-hybridized carbons (Fsp3) is 0.750. The first-order chi connectivity index (χ1) is 4.91. The Hall–Kier alpha value is 0.260. The largest absolute Gasteiger partial charge is 0.142 e. The van der Waals surface area contributed by atoms with Gasteiger partial charge in [-0.25, -0.2) is 0 Å². The van der Waals surface area contributed by atoms with Crippen LogP contribution in [0.1, 0.15) is 32.1 Å². The molecule has 2 aliphatic rings. The van der Waals surface area contributed by atoms with E-state index in [9.17, 15) is 0 Å². The van der Waals surface area contributed by atoms with Crippen molar-refractivity contribution in [3.8, 4) is 11.8 Å². The molecule has 0 atom stereocenters. The Morgan fingerprint density at radius 1 is 1.10 bits per heavy atom. The monoisotopic (exact) mass is 170 g/mol. The molecule has 0 aromatic carbocycles. The lowest BCUT2D eigenvalue weighted by molar-refractivity contribution is 0.650. The molecule has 0 bridgehead atoms. The zero-order chi connectivity index (χ0) is 6.86. The Morgan fingerprint density at radius 2 is 2.00 bits per heavy atom. The molecule has 2 heteroatoms. The summed E-state index contributed by atoms with van der Waals surface area (Å²) in [5, 5.41) is 0. The van der Waals surface area contributed by atoms with E-state index >= 15 is 0 Å². The van der Waals surface area contributed by atoms with Crippen LogP contribution in [-0.4, -0.2) is 4.08 Å². The summed E-state index contributed by atoms with van der Waals surface area (Å²) in [6, 6.07) is 0. The van der Waals surface area contributed by atoms with Crippen LogP contribution >= 0.6 is 21.6 Å². The summed E-state index contributed by atoms with van der Waals surface area (Å²) in [5.41, 5.74) is 0. The van der Waals surface area contributed by atoms with Gasteiger partial charge in [-0.2, -0.15) is 0 Å². The Bertz CT molecular complexity index is 183. The third-order valence-electron chi connectivity index (χ3n) is 1.87. The highest BCUT2D eigenvalue weighted by Gasteiger charge is 2.43. The number of rotatable bonds is 0. The van der Waals surface area contributed by atoms with Gasteiger partial charge >= 0.3 is 0 Å². The van der Waals surface area contributed by atoms with Gasteiger partial charge in [0.1, 0.15) is 4.08 Å². The van der Waals surface area contributed by atoms with Crippen LogP contribution < -0.4 is 0 Å². The van der Waals surface area contributed by atoms with Crippen LogP contribution in [0.5, 0.6) is 0 Å². The van der Waals surface area contributed by atoms with E-state index in [1.165, 1.54) is 25.7 Å². The van der Waals surface area contributed by atoms with Gasteiger partial charge in [0.05, 0.1) is 0 Å². The second kappa shape index (κ2) is 2.71. The van der Waals surface area contributed by atoms with Gasteiger partial charge in [-0.1, -0.05) is 40.3 Å². The van der Waals surface area contributed by atoms with Gasteiger partial charge in [-0.3, -0.25) is 0 Å². The molecule has 0 unspecified atom stereocenters. The van der Waals surface area contributed by atoms with Crippen molar-refractivity contribution < 1.29 is 0 Å². The Balaban J connectivity index is 2.04. The fourth-order valence-electron chi connectivity index (χ4n) is 1.18. The highest BCUT2D eigenvalue weighted by atomic mass is 33.2. The first-order valence-corrected chi connectivity index (χ1v) is 5.93. The number of hydrogen-bond donors (Lipinski definition) is 0. The topological polar surface area (TPSA) is 0 Å². The van der Waals surface area contributed by atoms with Crippen molar-refractivity contribution in [3.63, 3.8) is 0 Å². The Morgan fingerprint density at radius 3 is 2.80 bits per heavy atom. The molecule has 1 aliphatic carbocycles. The lowest BCUT2D eigenvalue weighted by Crippen LogP contribution is -2.02. The molecular formula is C8H10S2. The molecule has 1 saturated heterocycles. The van der Waals surface area contributed by atoms with Gasteiger partial charge < -0.3 is 0 Å². The minimum Gasteiger partial charge on any atom is -0.101 e. The van der Waals surface area contributed by atoms with Gasteiger partial charge in [0.25, 0.3) is 0 Å². The van der Waals surface area contributed by atoms with Crippen LogP contribution in [0.25, 0.3) is 0 Å². The molecule has 0 nitrogen and oxygen atoms in total. The fourth-order valence-corrected chi connectivity index (χ4v) is 3.02. The minimum absolute atomic E-state index is 0.375. The molecule has 54 valence electrons. The standard InChI is InChI=1S/C8H10S2/c1-2-4-6-8(9-10-8)7-5-3-1/h1-4,6H2. The van der Waals surface area contributed by atoms with Crippen molar-refractivity contribution in [2.75, 3.05) is 0 Å². The van der Waals surface area contributed by atoms with Crippen LogP contribution in [0, 0.1) is 11.8 Å². The zero-order valence-electron chi connectivity index (χ0n) is 5.85. The molecule has 1 spiro atoms. The molecule has 0 aromatic heterocycles. The molecule has 0 N–H and O–H groups in total. The van der Waals surface area contributed by atoms with E-state index in [1.54, 1.807) is 0 Å². The van der Waals surface area contributed by atoms with Gasteiger partial charge in [-0.15, -0.1) is 5.92 Å². The van der Waals surface area contributed by atoms with E-state index < -0.39 is 0 Å². The first-order valence-electron chi connectivity index (χ1n) is 3.78. The predicted molar refractivity (Wildman–Crippen MR) is 48.8 cm³/mol. The van der Waals surface area contributed by atoms with Gasteiger partial charge in [0.2, 0.25) is 0 Å². The van der Waals surface area contributed by atoms with E-state index in [2.05, 4.69) is 11.8 Å². The highest BCUT2D eigenvalue weighted by molar-refractivity contribution is 8.93. The predicted octanol–water partition coefficient (Wildman–Crippen LogP) is 3.05. The van der Waals surface area contributed by atoms with Crippen LogP contribution in [-0.2, 0) is 0 Å². The minimum atomic E-state index is 0.375.